The zero-order valence-electron chi connectivity index (χ0n) is 15.3. The van der Waals surface area contributed by atoms with E-state index in [1.54, 1.807) is 0 Å². The van der Waals surface area contributed by atoms with Crippen LogP contribution in [0.4, 0.5) is 0 Å². The second-order valence-corrected chi connectivity index (χ2v) is 9.67. The third-order valence-electron chi connectivity index (χ3n) is 9.02. The van der Waals surface area contributed by atoms with Crippen molar-refractivity contribution in [1.29, 1.82) is 0 Å². The third kappa shape index (κ3) is 2.23. The number of hydrogen-bond donors (Lipinski definition) is 1. The molecule has 0 saturated heterocycles. The number of aliphatic hydroxyl groups excluding tert-OH is 1. The van der Waals surface area contributed by atoms with E-state index in [2.05, 4.69) is 19.6 Å². The fourth-order valence-electron chi connectivity index (χ4n) is 7.79. The van der Waals surface area contributed by atoms with E-state index in [1.807, 2.05) is 12.0 Å². The lowest BCUT2D eigenvalue weighted by Crippen LogP contribution is -2.54. The summed E-state index contributed by atoms with van der Waals surface area (Å²) in [5.74, 6) is 5.43. The molecule has 0 spiro atoms. The van der Waals surface area contributed by atoms with Crippen LogP contribution in [0.1, 0.15) is 71.6 Å². The summed E-state index contributed by atoms with van der Waals surface area (Å²) in [6, 6.07) is 0. The summed E-state index contributed by atoms with van der Waals surface area (Å²) in [7, 11) is 0. The highest BCUT2D eigenvalue weighted by Gasteiger charge is 2.60. The van der Waals surface area contributed by atoms with Gasteiger partial charge in [0, 0.05) is 0 Å². The highest BCUT2D eigenvalue weighted by atomic mass is 16.3. The van der Waals surface area contributed by atoms with E-state index >= 15 is 0 Å². The van der Waals surface area contributed by atoms with Crippen LogP contribution in [0.3, 0.4) is 0 Å². The molecule has 4 rings (SSSR count). The average Bonchev–Trinajstić information content (AvgIpc) is 2.87. The Morgan fingerprint density at radius 1 is 0.917 bits per heavy atom. The zero-order valence-corrected chi connectivity index (χ0v) is 15.3. The van der Waals surface area contributed by atoms with E-state index in [1.165, 1.54) is 51.4 Å². The van der Waals surface area contributed by atoms with Crippen molar-refractivity contribution in [2.45, 2.75) is 77.7 Å². The second-order valence-electron chi connectivity index (χ2n) is 9.67. The molecule has 2 heteroatoms. The molecule has 0 heterocycles. The molecule has 0 aromatic heterocycles. The highest BCUT2D eigenvalue weighted by molar-refractivity contribution is 5.43. The van der Waals surface area contributed by atoms with Crippen LogP contribution in [0.15, 0.2) is 11.8 Å². The zero-order chi connectivity index (χ0) is 16.9. The Morgan fingerprint density at radius 2 is 1.67 bits per heavy atom. The normalized spacial score (nSPS) is 53.1. The molecule has 0 aromatic rings. The first kappa shape index (κ1) is 16.6. The van der Waals surface area contributed by atoms with Gasteiger partial charge in [0.05, 0.1) is 6.10 Å². The minimum atomic E-state index is -0.0752. The fourth-order valence-corrected chi connectivity index (χ4v) is 7.79. The van der Waals surface area contributed by atoms with Gasteiger partial charge in [0.15, 0.2) is 5.94 Å². The summed E-state index contributed by atoms with van der Waals surface area (Å²) in [4.78, 5) is 10.6. The topological polar surface area (TPSA) is 37.3 Å². The van der Waals surface area contributed by atoms with Gasteiger partial charge in [0.1, 0.15) is 0 Å². The van der Waals surface area contributed by atoms with Gasteiger partial charge in [-0.15, -0.1) is 0 Å². The summed E-state index contributed by atoms with van der Waals surface area (Å²) < 4.78 is 0. The van der Waals surface area contributed by atoms with Crippen molar-refractivity contribution in [2.75, 3.05) is 0 Å². The highest BCUT2D eigenvalue weighted by Crippen LogP contribution is 2.66. The van der Waals surface area contributed by atoms with Gasteiger partial charge in [-0.05, 0) is 104 Å². The summed E-state index contributed by atoms with van der Waals surface area (Å²) >= 11 is 0. The first-order valence-corrected chi connectivity index (χ1v) is 10.1. The van der Waals surface area contributed by atoms with Gasteiger partial charge in [-0.25, -0.2) is 4.79 Å². The molecule has 0 aromatic carbocycles. The van der Waals surface area contributed by atoms with Gasteiger partial charge in [-0.2, -0.15) is 0 Å². The molecule has 132 valence electrons. The van der Waals surface area contributed by atoms with Gasteiger partial charge in [-0.1, -0.05) is 20.3 Å². The molecule has 4 saturated carbocycles. The molecule has 1 N–H and O–H groups in total. The quantitative estimate of drug-likeness (QED) is 0.566. The molecule has 0 radical (unpaired) electrons. The van der Waals surface area contributed by atoms with Crippen molar-refractivity contribution < 1.29 is 9.90 Å². The van der Waals surface area contributed by atoms with Crippen LogP contribution < -0.4 is 0 Å². The van der Waals surface area contributed by atoms with E-state index in [0.717, 1.165) is 24.2 Å². The molecule has 2 nitrogen and oxygen atoms in total. The van der Waals surface area contributed by atoms with Gasteiger partial charge in [0.25, 0.3) is 0 Å². The van der Waals surface area contributed by atoms with E-state index in [9.17, 15) is 9.90 Å². The lowest BCUT2D eigenvalue weighted by Gasteiger charge is -2.61. The number of aliphatic hydroxyl groups is 1. The van der Waals surface area contributed by atoms with Crippen LogP contribution in [0.5, 0.6) is 0 Å². The first-order valence-electron chi connectivity index (χ1n) is 10.1. The lowest BCUT2D eigenvalue weighted by molar-refractivity contribution is -0.129. The molecule has 0 bridgehead atoms. The number of fused-ring (bicyclic) bond motifs is 5. The first-order chi connectivity index (χ1) is 11.5. The molecule has 8 atom stereocenters. The average molecular weight is 328 g/mol. The van der Waals surface area contributed by atoms with Crippen LogP contribution >= 0.6 is 0 Å². The minimum Gasteiger partial charge on any atom is -0.393 e. The van der Waals surface area contributed by atoms with Gasteiger partial charge < -0.3 is 5.11 Å². The van der Waals surface area contributed by atoms with E-state index in [-0.39, 0.29) is 11.5 Å². The number of allylic oxidation sites excluding steroid dienone is 1. The summed E-state index contributed by atoms with van der Waals surface area (Å²) in [5.41, 5.74) is 3.32. The maximum Gasteiger partial charge on any atom is 0.176 e. The molecule has 0 aliphatic heterocycles. The molecular weight excluding hydrogens is 296 g/mol. The fraction of sp³-hybridized carbons (Fsp3) is 0.864. The van der Waals surface area contributed by atoms with Gasteiger partial charge >= 0.3 is 0 Å². The van der Waals surface area contributed by atoms with Crippen molar-refractivity contribution in [1.82, 2.24) is 0 Å². The summed E-state index contributed by atoms with van der Waals surface area (Å²) in [6.45, 7) is 4.91. The Labute approximate surface area is 146 Å². The van der Waals surface area contributed by atoms with Crippen molar-refractivity contribution >= 4 is 5.94 Å². The Morgan fingerprint density at radius 3 is 2.46 bits per heavy atom. The summed E-state index contributed by atoms with van der Waals surface area (Å²) in [6.07, 6.45) is 13.2. The van der Waals surface area contributed by atoms with Crippen molar-refractivity contribution in [2.24, 2.45) is 40.4 Å². The maximum absolute atomic E-state index is 10.6. The summed E-state index contributed by atoms with van der Waals surface area (Å²) in [5, 5.41) is 10.6. The van der Waals surface area contributed by atoms with Crippen molar-refractivity contribution in [3.63, 3.8) is 0 Å². The second kappa shape index (κ2) is 5.87. The van der Waals surface area contributed by atoms with E-state index < -0.39 is 0 Å². The third-order valence-corrected chi connectivity index (χ3v) is 9.02. The molecule has 24 heavy (non-hydrogen) atoms. The Kier molecular flexibility index (Phi) is 4.07. The van der Waals surface area contributed by atoms with Crippen LogP contribution in [0.2, 0.25) is 0 Å². The van der Waals surface area contributed by atoms with Gasteiger partial charge in [0.2, 0.25) is 0 Å². The van der Waals surface area contributed by atoms with Gasteiger partial charge in [-0.3, -0.25) is 0 Å². The predicted octanol–water partition coefficient (Wildman–Crippen LogP) is 4.55. The Balaban J connectivity index is 1.64. The van der Waals surface area contributed by atoms with Crippen LogP contribution in [-0.2, 0) is 4.79 Å². The largest absolute Gasteiger partial charge is 0.393 e. The van der Waals surface area contributed by atoms with Crippen molar-refractivity contribution in [3.05, 3.63) is 11.8 Å². The SMILES string of the molecule is C[C@]12CC[C@H]3[C@@H](CCC4C(C=C=C=O)CCC[C@@]43C)[C@@H]1CC[C@@H]2O. The Bertz CT molecular complexity index is 585. The van der Waals surface area contributed by atoms with E-state index in [0.29, 0.717) is 17.3 Å². The monoisotopic (exact) mass is 328 g/mol. The minimum absolute atomic E-state index is 0.0752. The molecule has 0 amide bonds. The standard InChI is InChI=1S/C22H32O2/c1-21-12-3-5-15(6-4-14-23)17(21)8-7-16-18-9-10-20(24)22(18,2)13-11-19(16)21/h6,15-20,24H,3,5,7-13H2,1-2H3/t15?,16-,17?,18-,19-,20-,21-,22-/m0/s1. The molecule has 4 aliphatic carbocycles. The Hall–Kier alpha value is -0.810. The molecular formula is C22H32O2. The van der Waals surface area contributed by atoms with Crippen LogP contribution in [-0.4, -0.2) is 17.2 Å². The molecule has 4 aliphatic rings. The molecule has 4 fully saturated rings. The van der Waals surface area contributed by atoms with E-state index in [4.69, 9.17) is 0 Å². The number of rotatable bonds is 1. The number of hydrogen-bond acceptors (Lipinski definition) is 2. The molecule has 2 unspecified atom stereocenters. The predicted molar refractivity (Wildman–Crippen MR) is 95.0 cm³/mol. The van der Waals surface area contributed by atoms with Crippen LogP contribution in [0, 0.1) is 40.4 Å². The maximum atomic E-state index is 10.6. The van der Waals surface area contributed by atoms with Crippen LogP contribution in [0.25, 0.3) is 0 Å². The smallest absolute Gasteiger partial charge is 0.176 e. The lowest BCUT2D eigenvalue weighted by atomic mass is 9.44. The number of carbonyl (C=O) groups excluding carboxylic acids is 1. The van der Waals surface area contributed by atoms with Crippen molar-refractivity contribution in [3.8, 4) is 0 Å².